The summed E-state index contributed by atoms with van der Waals surface area (Å²) in [6.45, 7) is 4.14. The van der Waals surface area contributed by atoms with Crippen molar-refractivity contribution >= 4 is 40.8 Å². The van der Waals surface area contributed by atoms with Crippen LogP contribution in [0.3, 0.4) is 0 Å². The van der Waals surface area contributed by atoms with Crippen molar-refractivity contribution in [3.05, 3.63) is 85.3 Å². The molecule has 6 heteroatoms. The van der Waals surface area contributed by atoms with Crippen molar-refractivity contribution in [2.24, 2.45) is 10.2 Å². The minimum Gasteiger partial charge on any atom is -0.341 e. The topological polar surface area (TPSA) is 69.6 Å². The van der Waals surface area contributed by atoms with Crippen LogP contribution in [0.2, 0.25) is 0 Å². The Morgan fingerprint density at radius 1 is 1.07 bits per heavy atom. The van der Waals surface area contributed by atoms with Crippen molar-refractivity contribution in [2.75, 3.05) is 5.32 Å². The lowest BCUT2D eigenvalue weighted by Crippen LogP contribution is -2.02. The molecule has 134 valence electrons. The maximum absolute atomic E-state index is 12.0. The van der Waals surface area contributed by atoms with E-state index in [1.165, 1.54) is 11.1 Å². The van der Waals surface area contributed by atoms with Gasteiger partial charge in [0.25, 0.3) is 0 Å². The molecule has 1 aliphatic rings. The molecule has 27 heavy (non-hydrogen) atoms. The van der Waals surface area contributed by atoms with Crippen molar-refractivity contribution in [1.82, 2.24) is 4.98 Å². The number of aromatic amines is 1. The zero-order valence-corrected chi connectivity index (χ0v) is 15.8. The van der Waals surface area contributed by atoms with Gasteiger partial charge in [-0.05, 0) is 43.2 Å². The molecule has 0 bridgehead atoms. The number of nitrogens with one attached hydrogen (secondary N) is 2. The lowest BCUT2D eigenvalue weighted by atomic mass is 10.0. The number of H-pyrrole nitrogens is 1. The molecule has 0 radical (unpaired) electrons. The summed E-state index contributed by atoms with van der Waals surface area (Å²) in [5, 5.41) is 11.6. The van der Waals surface area contributed by atoms with E-state index < -0.39 is 0 Å². The molecule has 5 nitrogen and oxygen atoms in total. The zero-order chi connectivity index (χ0) is 18.8. The fourth-order valence-corrected chi connectivity index (χ4v) is 3.58. The number of hydrogen-bond acceptors (Lipinski definition) is 5. The van der Waals surface area contributed by atoms with E-state index in [9.17, 15) is 4.79 Å². The van der Waals surface area contributed by atoms with Crippen molar-refractivity contribution in [2.45, 2.75) is 13.8 Å². The highest BCUT2D eigenvalue weighted by atomic mass is 32.1. The maximum atomic E-state index is 12.0. The first-order valence-corrected chi connectivity index (χ1v) is 9.38. The van der Waals surface area contributed by atoms with Crippen LogP contribution < -0.4 is 10.2 Å². The maximum Gasteiger partial charge on any atom is 0.306 e. The molecule has 0 aliphatic carbocycles. The van der Waals surface area contributed by atoms with Crippen LogP contribution in [0.4, 0.5) is 11.5 Å². The first-order valence-electron chi connectivity index (χ1n) is 8.56. The summed E-state index contributed by atoms with van der Waals surface area (Å²) in [4.78, 5) is 15.6. The summed E-state index contributed by atoms with van der Waals surface area (Å²) < 4.78 is 0. The van der Waals surface area contributed by atoms with Crippen LogP contribution in [0.15, 0.2) is 69.1 Å². The molecule has 0 atom stereocenters. The molecule has 3 aromatic rings. The fourth-order valence-electron chi connectivity index (χ4n) is 2.83. The average molecular weight is 374 g/mol. The fraction of sp³-hybridized carbons (Fsp3) is 0.0952. The molecule has 0 saturated carbocycles. The summed E-state index contributed by atoms with van der Waals surface area (Å²) in [6.07, 6.45) is 3.65. The quantitative estimate of drug-likeness (QED) is 0.697. The van der Waals surface area contributed by atoms with E-state index in [0.717, 1.165) is 38.7 Å². The lowest BCUT2D eigenvalue weighted by Gasteiger charge is -2.08. The Bertz CT molecular complexity index is 1140. The second-order valence-electron chi connectivity index (χ2n) is 6.34. The van der Waals surface area contributed by atoms with Crippen LogP contribution in [0.5, 0.6) is 0 Å². The molecule has 1 aliphatic heterocycles. The van der Waals surface area contributed by atoms with Gasteiger partial charge in [-0.3, -0.25) is 9.78 Å². The second-order valence-corrected chi connectivity index (χ2v) is 7.35. The van der Waals surface area contributed by atoms with Gasteiger partial charge in [0.1, 0.15) is 11.5 Å². The third kappa shape index (κ3) is 3.66. The SMILES string of the molecule is Cc1ccc(Nc2[nH]c(=O)sc2C=C2C=NN=C2c2ccccc2)cc1C. The molecule has 0 fully saturated rings. The first-order chi connectivity index (χ1) is 13.1. The van der Waals surface area contributed by atoms with Gasteiger partial charge in [-0.25, -0.2) is 0 Å². The van der Waals surface area contributed by atoms with E-state index in [-0.39, 0.29) is 4.87 Å². The Labute approximate surface area is 160 Å². The lowest BCUT2D eigenvalue weighted by molar-refractivity contribution is 1.28. The Morgan fingerprint density at radius 2 is 1.89 bits per heavy atom. The van der Waals surface area contributed by atoms with Gasteiger partial charge in [0, 0.05) is 16.8 Å². The van der Waals surface area contributed by atoms with Crippen molar-refractivity contribution < 1.29 is 0 Å². The molecule has 0 amide bonds. The third-order valence-corrected chi connectivity index (χ3v) is 5.24. The molecular weight excluding hydrogens is 356 g/mol. The van der Waals surface area contributed by atoms with Crippen LogP contribution >= 0.6 is 11.3 Å². The number of hydrogen-bond donors (Lipinski definition) is 2. The van der Waals surface area contributed by atoms with Crippen molar-refractivity contribution in [1.29, 1.82) is 0 Å². The van der Waals surface area contributed by atoms with E-state index in [1.54, 1.807) is 6.21 Å². The third-order valence-electron chi connectivity index (χ3n) is 4.41. The van der Waals surface area contributed by atoms with E-state index >= 15 is 0 Å². The zero-order valence-electron chi connectivity index (χ0n) is 15.0. The molecule has 0 spiro atoms. The van der Waals surface area contributed by atoms with Gasteiger partial charge in [-0.1, -0.05) is 47.7 Å². The standard InChI is InChI=1S/C21H18N4OS/c1-13-8-9-17(10-14(13)2)23-20-18(27-21(26)24-20)11-16-12-22-25-19(16)15-6-4-3-5-7-15/h3-12,23H,1-2H3,(H,24,26). The molecule has 2 aromatic carbocycles. The highest BCUT2D eigenvalue weighted by Gasteiger charge is 2.15. The predicted octanol–water partition coefficient (Wildman–Crippen LogP) is 4.67. The number of benzene rings is 2. The minimum atomic E-state index is -0.110. The number of allylic oxidation sites excluding steroid dienone is 1. The number of aryl methyl sites for hydroxylation is 2. The van der Waals surface area contributed by atoms with Gasteiger partial charge in [0.2, 0.25) is 0 Å². The van der Waals surface area contributed by atoms with Crippen LogP contribution in [-0.2, 0) is 0 Å². The highest BCUT2D eigenvalue weighted by molar-refractivity contribution is 7.10. The van der Waals surface area contributed by atoms with Crippen LogP contribution in [0, 0.1) is 13.8 Å². The van der Waals surface area contributed by atoms with Gasteiger partial charge in [0.15, 0.2) is 0 Å². The Morgan fingerprint density at radius 3 is 2.67 bits per heavy atom. The molecule has 0 unspecified atom stereocenters. The Balaban J connectivity index is 1.68. The summed E-state index contributed by atoms with van der Waals surface area (Å²) in [7, 11) is 0. The molecule has 2 N–H and O–H groups in total. The summed E-state index contributed by atoms with van der Waals surface area (Å²) in [6, 6.07) is 16.0. The number of anilines is 2. The Kier molecular flexibility index (Phi) is 4.56. The highest BCUT2D eigenvalue weighted by Crippen LogP contribution is 2.26. The van der Waals surface area contributed by atoms with Crippen molar-refractivity contribution in [3.8, 4) is 0 Å². The normalized spacial score (nSPS) is 14.6. The number of nitrogens with zero attached hydrogens (tertiary/aromatic N) is 2. The van der Waals surface area contributed by atoms with Crippen LogP contribution in [-0.4, -0.2) is 16.9 Å². The average Bonchev–Trinajstić information content (AvgIpc) is 3.26. The number of rotatable bonds is 4. The smallest absolute Gasteiger partial charge is 0.306 e. The summed E-state index contributed by atoms with van der Waals surface area (Å²) in [5.41, 5.74) is 6.02. The van der Waals surface area contributed by atoms with Gasteiger partial charge in [0.05, 0.1) is 11.1 Å². The Hall–Kier alpha value is -3.25. The van der Waals surface area contributed by atoms with Gasteiger partial charge in [-0.15, -0.1) is 5.10 Å². The summed E-state index contributed by atoms with van der Waals surface area (Å²) >= 11 is 1.16. The molecule has 4 rings (SSSR count). The monoisotopic (exact) mass is 374 g/mol. The predicted molar refractivity (Wildman–Crippen MR) is 114 cm³/mol. The largest absolute Gasteiger partial charge is 0.341 e. The summed E-state index contributed by atoms with van der Waals surface area (Å²) in [5.74, 6) is 0.675. The molecular formula is C21H18N4OS. The number of thiazole rings is 1. The van der Waals surface area contributed by atoms with E-state index in [4.69, 9.17) is 0 Å². The van der Waals surface area contributed by atoms with Gasteiger partial charge in [-0.2, -0.15) is 5.10 Å². The molecule has 1 aromatic heterocycles. The van der Waals surface area contributed by atoms with Crippen LogP contribution in [0.25, 0.3) is 6.08 Å². The van der Waals surface area contributed by atoms with Crippen molar-refractivity contribution in [3.63, 3.8) is 0 Å². The number of aromatic nitrogens is 1. The van der Waals surface area contributed by atoms with Crippen LogP contribution in [0.1, 0.15) is 21.6 Å². The molecule has 0 saturated heterocycles. The van der Waals surface area contributed by atoms with E-state index in [0.29, 0.717) is 5.82 Å². The first kappa shape index (κ1) is 17.2. The minimum absolute atomic E-state index is 0.110. The van der Waals surface area contributed by atoms with E-state index in [2.05, 4.69) is 46.5 Å². The van der Waals surface area contributed by atoms with Gasteiger partial charge < -0.3 is 5.32 Å². The van der Waals surface area contributed by atoms with E-state index in [1.807, 2.05) is 42.5 Å². The second kappa shape index (κ2) is 7.17. The van der Waals surface area contributed by atoms with Gasteiger partial charge >= 0.3 is 4.87 Å². The molecule has 2 heterocycles.